The Kier molecular flexibility index (Phi) is 6.27. The molecule has 0 fully saturated rings. The van der Waals surface area contributed by atoms with E-state index < -0.39 is 0 Å². The van der Waals surface area contributed by atoms with Crippen LogP contribution in [-0.2, 0) is 6.61 Å². The molecule has 1 aromatic heterocycles. The molecule has 144 valence electrons. The van der Waals surface area contributed by atoms with Gasteiger partial charge in [-0.15, -0.1) is 0 Å². The topological polar surface area (TPSA) is 60.5 Å². The van der Waals surface area contributed by atoms with Crippen LogP contribution < -0.4 is 14.8 Å². The number of hydrogen-bond acceptors (Lipinski definition) is 4. The zero-order valence-corrected chi connectivity index (χ0v) is 16.4. The van der Waals surface area contributed by atoms with Crippen molar-refractivity contribution in [2.24, 2.45) is 0 Å². The average Bonchev–Trinajstić information content (AvgIpc) is 2.70. The Bertz CT molecular complexity index is 955. The standard InChI is InChI=1S/C23H24N2O3/c1-4-27-22-14-19(23(26)25-20-7-5-16(2)13-17(20)3)6-8-21(22)28-15-18-9-11-24-12-10-18/h5-14H,4,15H2,1-3H3,(H,25,26). The SMILES string of the molecule is CCOc1cc(C(=O)Nc2ccc(C)cc2C)ccc1OCc1ccncc1. The highest BCUT2D eigenvalue weighted by molar-refractivity contribution is 6.05. The molecule has 3 rings (SSSR count). The van der Waals surface area contributed by atoms with E-state index >= 15 is 0 Å². The number of nitrogens with zero attached hydrogens (tertiary/aromatic N) is 1. The predicted octanol–water partition coefficient (Wildman–Crippen LogP) is 4.93. The maximum absolute atomic E-state index is 12.7. The van der Waals surface area contributed by atoms with Gasteiger partial charge in [-0.25, -0.2) is 0 Å². The molecule has 3 aromatic rings. The molecule has 0 aliphatic carbocycles. The van der Waals surface area contributed by atoms with Gasteiger partial charge in [0, 0.05) is 23.6 Å². The van der Waals surface area contributed by atoms with Gasteiger partial charge in [-0.1, -0.05) is 17.7 Å². The summed E-state index contributed by atoms with van der Waals surface area (Å²) in [6.07, 6.45) is 3.45. The van der Waals surface area contributed by atoms with Gasteiger partial charge in [0.1, 0.15) is 6.61 Å². The Morgan fingerprint density at radius 2 is 1.75 bits per heavy atom. The first kappa shape index (κ1) is 19.4. The fourth-order valence-electron chi connectivity index (χ4n) is 2.83. The van der Waals surface area contributed by atoms with Crippen LogP contribution in [0.15, 0.2) is 60.9 Å². The van der Waals surface area contributed by atoms with Crippen molar-refractivity contribution in [3.63, 3.8) is 0 Å². The number of rotatable bonds is 7. The van der Waals surface area contributed by atoms with Crippen LogP contribution in [0.4, 0.5) is 5.69 Å². The molecule has 0 radical (unpaired) electrons. The Balaban J connectivity index is 1.76. The third-order valence-corrected chi connectivity index (χ3v) is 4.28. The van der Waals surface area contributed by atoms with Crippen molar-refractivity contribution in [3.8, 4) is 11.5 Å². The molecular formula is C23H24N2O3. The van der Waals surface area contributed by atoms with E-state index in [0.717, 1.165) is 22.4 Å². The molecule has 1 N–H and O–H groups in total. The van der Waals surface area contributed by atoms with Crippen molar-refractivity contribution in [3.05, 3.63) is 83.2 Å². The highest BCUT2D eigenvalue weighted by Gasteiger charge is 2.13. The second-order valence-corrected chi connectivity index (χ2v) is 6.51. The first-order chi connectivity index (χ1) is 13.6. The minimum atomic E-state index is -0.186. The fourth-order valence-corrected chi connectivity index (χ4v) is 2.83. The lowest BCUT2D eigenvalue weighted by Crippen LogP contribution is -2.13. The van der Waals surface area contributed by atoms with Crippen LogP contribution in [0.2, 0.25) is 0 Å². The average molecular weight is 376 g/mol. The number of nitrogens with one attached hydrogen (secondary N) is 1. The van der Waals surface area contributed by atoms with E-state index in [1.807, 2.05) is 51.1 Å². The van der Waals surface area contributed by atoms with Gasteiger partial charge in [0.25, 0.3) is 5.91 Å². The summed E-state index contributed by atoms with van der Waals surface area (Å²) in [5, 5.41) is 2.96. The van der Waals surface area contributed by atoms with Gasteiger partial charge in [0.2, 0.25) is 0 Å². The van der Waals surface area contributed by atoms with Crippen LogP contribution in [0.5, 0.6) is 11.5 Å². The van der Waals surface area contributed by atoms with E-state index in [0.29, 0.717) is 30.3 Å². The maximum Gasteiger partial charge on any atom is 0.255 e. The molecule has 2 aromatic carbocycles. The number of aryl methyl sites for hydroxylation is 2. The number of anilines is 1. The molecule has 0 unspecified atom stereocenters. The van der Waals surface area contributed by atoms with Crippen LogP contribution in [-0.4, -0.2) is 17.5 Å². The summed E-state index contributed by atoms with van der Waals surface area (Å²) in [6.45, 7) is 6.78. The smallest absolute Gasteiger partial charge is 0.255 e. The van der Waals surface area contributed by atoms with E-state index in [1.54, 1.807) is 30.6 Å². The fraction of sp³-hybridized carbons (Fsp3) is 0.217. The van der Waals surface area contributed by atoms with Gasteiger partial charge in [-0.05, 0) is 68.3 Å². The monoisotopic (exact) mass is 376 g/mol. The van der Waals surface area contributed by atoms with E-state index in [4.69, 9.17) is 9.47 Å². The van der Waals surface area contributed by atoms with Gasteiger partial charge in [0.05, 0.1) is 6.61 Å². The van der Waals surface area contributed by atoms with Gasteiger partial charge >= 0.3 is 0 Å². The van der Waals surface area contributed by atoms with E-state index in [2.05, 4.69) is 10.3 Å². The second-order valence-electron chi connectivity index (χ2n) is 6.51. The Labute approximate surface area is 165 Å². The van der Waals surface area contributed by atoms with Gasteiger partial charge < -0.3 is 14.8 Å². The predicted molar refractivity (Wildman–Crippen MR) is 110 cm³/mol. The molecule has 0 aliphatic heterocycles. The molecule has 0 saturated carbocycles. The van der Waals surface area contributed by atoms with Crippen molar-refractivity contribution in [1.29, 1.82) is 0 Å². The second kappa shape index (κ2) is 9.04. The van der Waals surface area contributed by atoms with E-state index in [-0.39, 0.29) is 5.91 Å². The molecule has 0 aliphatic rings. The Morgan fingerprint density at radius 1 is 0.964 bits per heavy atom. The number of carbonyl (C=O) groups excluding carboxylic acids is 1. The minimum Gasteiger partial charge on any atom is -0.490 e. The van der Waals surface area contributed by atoms with Crippen molar-refractivity contribution < 1.29 is 14.3 Å². The first-order valence-corrected chi connectivity index (χ1v) is 9.24. The summed E-state index contributed by atoms with van der Waals surface area (Å²) in [4.78, 5) is 16.7. The molecule has 28 heavy (non-hydrogen) atoms. The largest absolute Gasteiger partial charge is 0.490 e. The van der Waals surface area contributed by atoms with Gasteiger partial charge in [-0.3, -0.25) is 9.78 Å². The molecule has 5 nitrogen and oxygen atoms in total. The molecule has 0 saturated heterocycles. The number of carbonyl (C=O) groups is 1. The van der Waals surface area contributed by atoms with Crippen LogP contribution >= 0.6 is 0 Å². The normalized spacial score (nSPS) is 10.4. The number of amides is 1. The minimum absolute atomic E-state index is 0.186. The highest BCUT2D eigenvalue weighted by atomic mass is 16.5. The number of pyridine rings is 1. The molecule has 1 amide bonds. The number of ether oxygens (including phenoxy) is 2. The molecule has 0 spiro atoms. The van der Waals surface area contributed by atoms with Crippen LogP contribution in [0.1, 0.15) is 34.0 Å². The first-order valence-electron chi connectivity index (χ1n) is 9.24. The van der Waals surface area contributed by atoms with E-state index in [1.165, 1.54) is 0 Å². The summed E-state index contributed by atoms with van der Waals surface area (Å²) in [5.74, 6) is 0.958. The highest BCUT2D eigenvalue weighted by Crippen LogP contribution is 2.30. The van der Waals surface area contributed by atoms with Crippen molar-refractivity contribution in [1.82, 2.24) is 4.98 Å². The quantitative estimate of drug-likeness (QED) is 0.635. The molecule has 5 heteroatoms. The summed E-state index contributed by atoms with van der Waals surface area (Å²) in [6, 6.07) is 14.9. The van der Waals surface area contributed by atoms with Crippen LogP contribution in [0.25, 0.3) is 0 Å². The summed E-state index contributed by atoms with van der Waals surface area (Å²) >= 11 is 0. The lowest BCUT2D eigenvalue weighted by Gasteiger charge is -2.14. The van der Waals surface area contributed by atoms with E-state index in [9.17, 15) is 4.79 Å². The summed E-state index contributed by atoms with van der Waals surface area (Å²) < 4.78 is 11.6. The van der Waals surface area contributed by atoms with Gasteiger partial charge in [0.15, 0.2) is 11.5 Å². The van der Waals surface area contributed by atoms with Crippen molar-refractivity contribution in [2.45, 2.75) is 27.4 Å². The Hall–Kier alpha value is -3.34. The molecule has 0 bridgehead atoms. The van der Waals surface area contributed by atoms with Crippen molar-refractivity contribution >= 4 is 11.6 Å². The summed E-state index contributed by atoms with van der Waals surface area (Å²) in [7, 11) is 0. The molecule has 1 heterocycles. The number of aromatic nitrogens is 1. The Morgan fingerprint density at radius 3 is 2.46 bits per heavy atom. The molecular weight excluding hydrogens is 352 g/mol. The lowest BCUT2D eigenvalue weighted by molar-refractivity contribution is 0.102. The summed E-state index contributed by atoms with van der Waals surface area (Å²) in [5.41, 5.74) is 4.50. The third-order valence-electron chi connectivity index (χ3n) is 4.28. The zero-order valence-electron chi connectivity index (χ0n) is 16.4. The molecule has 0 atom stereocenters. The van der Waals surface area contributed by atoms with Crippen LogP contribution in [0.3, 0.4) is 0 Å². The number of hydrogen-bond donors (Lipinski definition) is 1. The van der Waals surface area contributed by atoms with Gasteiger partial charge in [-0.2, -0.15) is 0 Å². The lowest BCUT2D eigenvalue weighted by atomic mass is 10.1. The maximum atomic E-state index is 12.7. The van der Waals surface area contributed by atoms with Crippen molar-refractivity contribution in [2.75, 3.05) is 11.9 Å². The zero-order chi connectivity index (χ0) is 19.9. The third kappa shape index (κ3) is 4.88. The number of benzene rings is 2. The van der Waals surface area contributed by atoms with Crippen LogP contribution in [0, 0.1) is 13.8 Å².